The topological polar surface area (TPSA) is 38.7 Å². The summed E-state index contributed by atoms with van der Waals surface area (Å²) in [5, 5.41) is 0.219. The van der Waals surface area contributed by atoms with Crippen molar-refractivity contribution in [3.63, 3.8) is 0 Å². The Bertz CT molecular complexity index is 840. The monoisotopic (exact) mass is 423 g/mol. The van der Waals surface area contributed by atoms with Gasteiger partial charge in [-0.05, 0) is 17.7 Å². The molecule has 122 valence electrons. The van der Waals surface area contributed by atoms with E-state index in [4.69, 9.17) is 27.9 Å². The average Bonchev–Trinajstić information content (AvgIpc) is 2.58. The Labute approximate surface area is 157 Å². The van der Waals surface area contributed by atoms with Crippen molar-refractivity contribution >= 4 is 50.3 Å². The summed E-state index contributed by atoms with van der Waals surface area (Å²) < 4.78 is 6.66. The second-order valence-corrected chi connectivity index (χ2v) is 7.82. The molecule has 0 unspecified atom stereocenters. The first-order chi connectivity index (χ1) is 11.5. The number of hydrogen-bond acceptors (Lipinski definition) is 3. The normalized spacial score (nSPS) is 31.5. The second kappa shape index (κ2) is 5.58. The van der Waals surface area contributed by atoms with Crippen molar-refractivity contribution in [2.45, 2.75) is 22.9 Å². The lowest BCUT2D eigenvalue weighted by atomic mass is 9.73. The first-order valence-corrected chi connectivity index (χ1v) is 9.00. The minimum Gasteiger partial charge on any atom is -0.444 e. The van der Waals surface area contributed by atoms with Gasteiger partial charge in [0.1, 0.15) is 0 Å². The predicted molar refractivity (Wildman–Crippen MR) is 97.6 cm³/mol. The van der Waals surface area contributed by atoms with Crippen LogP contribution < -0.4 is 0 Å². The van der Waals surface area contributed by atoms with Gasteiger partial charge in [0.25, 0.3) is 0 Å². The molecule has 0 spiro atoms. The number of halogens is 3. The van der Waals surface area contributed by atoms with Crippen molar-refractivity contribution in [1.29, 1.82) is 0 Å². The number of rotatable bonds is 2. The van der Waals surface area contributed by atoms with E-state index >= 15 is 0 Å². The molecule has 3 atom stereocenters. The van der Waals surface area contributed by atoms with Crippen LogP contribution >= 0.6 is 39.1 Å². The third-order valence-electron chi connectivity index (χ3n) is 4.61. The van der Waals surface area contributed by atoms with Crippen LogP contribution in [0, 0.1) is 0 Å². The largest absolute Gasteiger partial charge is 0.444 e. The van der Waals surface area contributed by atoms with Crippen molar-refractivity contribution in [1.82, 2.24) is 0 Å². The Morgan fingerprint density at radius 1 is 1.12 bits per heavy atom. The quantitative estimate of drug-likeness (QED) is 0.388. The van der Waals surface area contributed by atoms with Crippen LogP contribution in [0.1, 0.15) is 23.5 Å². The van der Waals surface area contributed by atoms with Gasteiger partial charge in [0.2, 0.25) is 5.00 Å². The average molecular weight is 425 g/mol. The van der Waals surface area contributed by atoms with Gasteiger partial charge in [-0.1, -0.05) is 81.6 Å². The van der Waals surface area contributed by atoms with E-state index in [2.05, 4.69) is 20.9 Å². The van der Waals surface area contributed by atoms with Crippen molar-refractivity contribution in [2.75, 3.05) is 0 Å². The van der Waals surface area contributed by atoms with E-state index in [9.17, 15) is 4.79 Å². The Kier molecular flexibility index (Phi) is 3.75. The minimum absolute atomic E-state index is 0.219. The molecular weight excluding hydrogens is 413 g/mol. The summed E-state index contributed by atoms with van der Waals surface area (Å²) in [7, 11) is 0. The molecule has 0 aliphatic carbocycles. The van der Waals surface area contributed by atoms with Crippen molar-refractivity contribution in [3.05, 3.63) is 70.2 Å². The van der Waals surface area contributed by atoms with Crippen LogP contribution in [0.4, 0.5) is 0 Å². The molecule has 6 heteroatoms. The Balaban J connectivity index is 1.88. The number of carbonyl (C=O) groups is 1. The van der Waals surface area contributed by atoms with E-state index in [0.29, 0.717) is 6.42 Å². The lowest BCUT2D eigenvalue weighted by Crippen LogP contribution is -2.59. The van der Waals surface area contributed by atoms with Gasteiger partial charge >= 0.3 is 5.97 Å². The van der Waals surface area contributed by atoms with Gasteiger partial charge in [0, 0.05) is 22.4 Å². The summed E-state index contributed by atoms with van der Waals surface area (Å²) in [5.41, 5.74) is 0.652. The Morgan fingerprint density at radius 3 is 2.46 bits per heavy atom. The number of carbonyl (C=O) groups excluding carboxylic acids is 1. The fourth-order valence-corrected chi connectivity index (χ4v) is 4.35. The van der Waals surface area contributed by atoms with Crippen molar-refractivity contribution < 1.29 is 9.53 Å². The number of alkyl halides is 1. The fraction of sp³-hybridized carbons (Fsp3) is 0.222. The van der Waals surface area contributed by atoms with E-state index in [1.807, 2.05) is 54.6 Å². The smallest absolute Gasteiger partial charge is 0.351 e. The van der Waals surface area contributed by atoms with Gasteiger partial charge in [-0.15, -0.1) is 0 Å². The second-order valence-electron chi connectivity index (χ2n) is 5.97. The van der Waals surface area contributed by atoms with Crippen LogP contribution in [0.3, 0.4) is 0 Å². The van der Waals surface area contributed by atoms with Gasteiger partial charge in [0.05, 0.1) is 0 Å². The van der Waals surface area contributed by atoms with E-state index < -0.39 is 16.6 Å². The summed E-state index contributed by atoms with van der Waals surface area (Å²) in [5.74, 6) is -0.882. The highest BCUT2D eigenvalue weighted by Crippen LogP contribution is 2.56. The van der Waals surface area contributed by atoms with Crippen molar-refractivity contribution in [3.8, 4) is 0 Å². The van der Waals surface area contributed by atoms with Crippen LogP contribution in [0.25, 0.3) is 0 Å². The van der Waals surface area contributed by atoms with Crippen LogP contribution in [0.5, 0.6) is 0 Å². The van der Waals surface area contributed by atoms with E-state index in [-0.39, 0.29) is 11.1 Å². The van der Waals surface area contributed by atoms with Crippen LogP contribution in [-0.4, -0.2) is 16.1 Å². The highest BCUT2D eigenvalue weighted by Gasteiger charge is 2.63. The maximum absolute atomic E-state index is 12.6. The first kappa shape index (κ1) is 16.1. The van der Waals surface area contributed by atoms with E-state index in [1.165, 1.54) is 0 Å². The summed E-state index contributed by atoms with van der Waals surface area (Å²) in [6.45, 7) is 0. The number of benzene rings is 2. The highest BCUT2D eigenvalue weighted by molar-refractivity contribution is 9.10. The van der Waals surface area contributed by atoms with Crippen LogP contribution in [-0.2, 0) is 15.1 Å². The lowest BCUT2D eigenvalue weighted by molar-refractivity contribution is -0.169. The maximum Gasteiger partial charge on any atom is 0.351 e. The number of hydrogen-bond donors (Lipinski definition) is 0. The molecule has 0 aromatic heterocycles. The fourth-order valence-electron chi connectivity index (χ4n) is 3.36. The third kappa shape index (κ3) is 2.24. The molecule has 2 aromatic rings. The molecule has 3 heterocycles. The Hall–Kier alpha value is -1.36. The SMILES string of the molecule is O=C1O[C@@]2(c3ccccc3)C[C@H](c3ccc(Br)cc3)[C@]1(Cl)N=C2Cl. The number of fused-ring (bicyclic) bond motifs is 2. The molecule has 3 aliphatic heterocycles. The standard InChI is InChI=1S/C18H12BrCl2NO2/c19-13-8-6-11(7-9-13)14-10-17(12-4-2-1-3-5-12)15(20)22-18(14,21)16(23)24-17/h1-9,14H,10H2/t14-,17-,18+/m1/s1. The zero-order valence-electron chi connectivity index (χ0n) is 12.4. The lowest BCUT2D eigenvalue weighted by Gasteiger charge is -2.49. The number of esters is 1. The molecule has 3 nitrogen and oxygen atoms in total. The molecule has 2 aromatic carbocycles. The summed E-state index contributed by atoms with van der Waals surface area (Å²) in [6.07, 6.45) is 0.455. The zero-order chi connectivity index (χ0) is 16.9. The van der Waals surface area contributed by atoms with Gasteiger partial charge in [-0.3, -0.25) is 0 Å². The molecule has 0 amide bonds. The maximum atomic E-state index is 12.6. The highest BCUT2D eigenvalue weighted by atomic mass is 79.9. The molecule has 5 rings (SSSR count). The van der Waals surface area contributed by atoms with Crippen molar-refractivity contribution in [2.24, 2.45) is 4.99 Å². The van der Waals surface area contributed by atoms with Gasteiger partial charge in [-0.2, -0.15) is 0 Å². The molecule has 0 N–H and O–H groups in total. The summed E-state index contributed by atoms with van der Waals surface area (Å²) in [4.78, 5) is 15.5. The van der Waals surface area contributed by atoms with Crippen LogP contribution in [0.2, 0.25) is 0 Å². The van der Waals surface area contributed by atoms with Crippen LogP contribution in [0.15, 0.2) is 64.1 Å². The molecule has 0 saturated carbocycles. The number of ether oxygens (including phenoxy) is 1. The zero-order valence-corrected chi connectivity index (χ0v) is 15.5. The molecule has 2 bridgehead atoms. The van der Waals surface area contributed by atoms with E-state index in [1.54, 1.807) is 0 Å². The molecule has 0 radical (unpaired) electrons. The predicted octanol–water partition coefficient (Wildman–Crippen LogP) is 4.96. The number of nitrogens with zero attached hydrogens (tertiary/aromatic N) is 1. The Morgan fingerprint density at radius 2 is 1.79 bits per heavy atom. The molecule has 3 aliphatic rings. The van der Waals surface area contributed by atoms with E-state index in [0.717, 1.165) is 15.6 Å². The molecule has 1 fully saturated rings. The van der Waals surface area contributed by atoms with Gasteiger partial charge in [0.15, 0.2) is 10.8 Å². The van der Waals surface area contributed by atoms with Gasteiger partial charge in [-0.25, -0.2) is 9.79 Å². The summed E-state index contributed by atoms with van der Waals surface area (Å²) in [6, 6.07) is 17.2. The molecular formula is C18H12BrCl2NO2. The minimum atomic E-state index is -1.51. The molecule has 24 heavy (non-hydrogen) atoms. The first-order valence-electron chi connectivity index (χ1n) is 7.45. The van der Waals surface area contributed by atoms with Gasteiger partial charge < -0.3 is 4.74 Å². The number of aliphatic imine (C=N–C) groups is 1. The molecule has 1 saturated heterocycles. The summed E-state index contributed by atoms with van der Waals surface area (Å²) >= 11 is 16.4. The third-order valence-corrected chi connectivity index (χ3v) is 6.03.